The van der Waals surface area contributed by atoms with Crippen LogP contribution in [0.15, 0.2) is 72.8 Å². The third kappa shape index (κ3) is 2.91. The lowest BCUT2D eigenvalue weighted by Gasteiger charge is -2.12. The number of hydrogen-bond donors (Lipinski definition) is 0. The second-order valence-electron chi connectivity index (χ2n) is 5.84. The molecule has 0 aliphatic rings. The maximum absolute atomic E-state index is 13.1. The van der Waals surface area contributed by atoms with Crippen molar-refractivity contribution in [2.75, 3.05) is 0 Å². The van der Waals surface area contributed by atoms with Crippen LogP contribution < -0.4 is 0 Å². The van der Waals surface area contributed by atoms with Gasteiger partial charge in [0.1, 0.15) is 0 Å². The molecule has 0 heterocycles. The fourth-order valence-electron chi connectivity index (χ4n) is 2.93. The molecule has 0 saturated heterocycles. The predicted molar refractivity (Wildman–Crippen MR) is 95.7 cm³/mol. The van der Waals surface area contributed by atoms with E-state index in [0.29, 0.717) is 22.3 Å². The van der Waals surface area contributed by atoms with Crippen molar-refractivity contribution in [1.82, 2.24) is 0 Å². The van der Waals surface area contributed by atoms with Crippen LogP contribution >= 0.6 is 0 Å². The summed E-state index contributed by atoms with van der Waals surface area (Å²) in [5.74, 6) is -0.240. The third-order valence-electron chi connectivity index (χ3n) is 4.16. The topological polar surface area (TPSA) is 34.1 Å². The van der Waals surface area contributed by atoms with E-state index in [-0.39, 0.29) is 11.6 Å². The van der Waals surface area contributed by atoms with E-state index in [9.17, 15) is 9.59 Å². The lowest BCUT2D eigenvalue weighted by Crippen LogP contribution is -2.13. The summed E-state index contributed by atoms with van der Waals surface area (Å²) in [6.07, 6.45) is 0. The van der Waals surface area contributed by atoms with Gasteiger partial charge >= 0.3 is 0 Å². The molecule has 0 aliphatic heterocycles. The van der Waals surface area contributed by atoms with Gasteiger partial charge in [0.25, 0.3) is 0 Å². The van der Waals surface area contributed by atoms with Gasteiger partial charge in [-0.05, 0) is 25.0 Å². The first-order chi connectivity index (χ1) is 11.6. The highest BCUT2D eigenvalue weighted by atomic mass is 16.1. The summed E-state index contributed by atoms with van der Waals surface area (Å²) >= 11 is 0. The zero-order valence-electron chi connectivity index (χ0n) is 13.7. The van der Waals surface area contributed by atoms with E-state index in [1.54, 1.807) is 36.4 Å². The zero-order valence-corrected chi connectivity index (χ0v) is 13.7. The number of carbonyl (C=O) groups is 2. The number of aryl methyl sites for hydroxylation is 2. The lowest BCUT2D eigenvalue weighted by molar-refractivity contribution is 0.100. The summed E-state index contributed by atoms with van der Waals surface area (Å²) in [7, 11) is 0. The fraction of sp³-hybridized carbons (Fsp3) is 0.0909. The Hall–Kier alpha value is -3.00. The summed E-state index contributed by atoms with van der Waals surface area (Å²) in [5, 5.41) is 0. The molecule has 0 saturated carbocycles. The quantitative estimate of drug-likeness (QED) is 0.650. The van der Waals surface area contributed by atoms with Gasteiger partial charge in [0.15, 0.2) is 11.6 Å². The van der Waals surface area contributed by atoms with Crippen LogP contribution in [0.2, 0.25) is 0 Å². The summed E-state index contributed by atoms with van der Waals surface area (Å²) < 4.78 is 0. The molecule has 2 heteroatoms. The SMILES string of the molecule is Cc1cccc(C)c1C(=O)c1ccccc1C(=O)c1ccccc1. The predicted octanol–water partition coefficient (Wildman–Crippen LogP) is 4.77. The summed E-state index contributed by atoms with van der Waals surface area (Å²) in [6, 6.07) is 21.8. The molecule has 0 bridgehead atoms. The van der Waals surface area contributed by atoms with E-state index in [2.05, 4.69) is 0 Å². The maximum atomic E-state index is 13.1. The first kappa shape index (κ1) is 15.9. The second kappa shape index (κ2) is 6.63. The summed E-state index contributed by atoms with van der Waals surface area (Å²) in [4.78, 5) is 25.9. The third-order valence-corrected chi connectivity index (χ3v) is 4.16. The standard InChI is InChI=1S/C22H18O2/c1-15-9-8-10-16(2)20(15)22(24)19-14-7-6-13-18(19)21(23)17-11-4-3-5-12-17/h3-14H,1-2H3. The van der Waals surface area contributed by atoms with Crippen LogP contribution in [0.5, 0.6) is 0 Å². The first-order valence-corrected chi connectivity index (χ1v) is 7.89. The van der Waals surface area contributed by atoms with Crippen molar-refractivity contribution in [1.29, 1.82) is 0 Å². The minimum atomic E-state index is -0.134. The van der Waals surface area contributed by atoms with Crippen LogP contribution in [-0.2, 0) is 0 Å². The van der Waals surface area contributed by atoms with Crippen LogP contribution in [-0.4, -0.2) is 11.6 Å². The molecule has 0 N–H and O–H groups in total. The smallest absolute Gasteiger partial charge is 0.194 e. The van der Waals surface area contributed by atoms with Gasteiger partial charge < -0.3 is 0 Å². The Morgan fingerprint density at radius 2 is 1.08 bits per heavy atom. The van der Waals surface area contributed by atoms with Crippen LogP contribution in [0, 0.1) is 13.8 Å². The van der Waals surface area contributed by atoms with Crippen molar-refractivity contribution in [3.8, 4) is 0 Å². The molecule has 3 aromatic carbocycles. The van der Waals surface area contributed by atoms with E-state index in [4.69, 9.17) is 0 Å². The van der Waals surface area contributed by atoms with Crippen molar-refractivity contribution >= 4 is 11.6 Å². The molecule has 118 valence electrons. The van der Waals surface area contributed by atoms with Crippen molar-refractivity contribution < 1.29 is 9.59 Å². The molecule has 3 rings (SSSR count). The van der Waals surface area contributed by atoms with Crippen molar-refractivity contribution in [2.45, 2.75) is 13.8 Å². The molecule has 24 heavy (non-hydrogen) atoms. The summed E-state index contributed by atoms with van der Waals surface area (Å²) in [6.45, 7) is 3.84. The minimum absolute atomic E-state index is 0.106. The number of rotatable bonds is 4. The zero-order chi connectivity index (χ0) is 17.1. The highest BCUT2D eigenvalue weighted by Gasteiger charge is 2.21. The molecule has 0 spiro atoms. The first-order valence-electron chi connectivity index (χ1n) is 7.89. The highest BCUT2D eigenvalue weighted by Crippen LogP contribution is 2.22. The molecule has 0 amide bonds. The molecule has 0 atom stereocenters. The van der Waals surface area contributed by atoms with E-state index < -0.39 is 0 Å². The normalized spacial score (nSPS) is 10.4. The maximum Gasteiger partial charge on any atom is 0.194 e. The van der Waals surface area contributed by atoms with Crippen LogP contribution in [0.1, 0.15) is 43.0 Å². The van der Waals surface area contributed by atoms with E-state index >= 15 is 0 Å². The average Bonchev–Trinajstić information content (AvgIpc) is 2.61. The van der Waals surface area contributed by atoms with Gasteiger partial charge in [-0.25, -0.2) is 0 Å². The Labute approximate surface area is 141 Å². The summed E-state index contributed by atoms with van der Waals surface area (Å²) in [5.41, 5.74) is 3.98. The monoisotopic (exact) mass is 314 g/mol. The molecular weight excluding hydrogens is 296 g/mol. The lowest BCUT2D eigenvalue weighted by atomic mass is 9.90. The van der Waals surface area contributed by atoms with Crippen molar-refractivity contribution in [2.24, 2.45) is 0 Å². The fourth-order valence-corrected chi connectivity index (χ4v) is 2.93. The van der Waals surface area contributed by atoms with Gasteiger partial charge in [-0.1, -0.05) is 72.8 Å². The molecule has 0 unspecified atom stereocenters. The Balaban J connectivity index is 2.10. The van der Waals surface area contributed by atoms with Crippen molar-refractivity contribution in [3.63, 3.8) is 0 Å². The minimum Gasteiger partial charge on any atom is -0.289 e. The molecule has 3 aromatic rings. The van der Waals surface area contributed by atoms with Gasteiger partial charge in [0.2, 0.25) is 0 Å². The van der Waals surface area contributed by atoms with E-state index in [1.165, 1.54) is 0 Å². The van der Waals surface area contributed by atoms with Gasteiger partial charge in [-0.2, -0.15) is 0 Å². The molecule has 0 fully saturated rings. The second-order valence-corrected chi connectivity index (χ2v) is 5.84. The van der Waals surface area contributed by atoms with E-state index in [1.807, 2.05) is 50.2 Å². The molecular formula is C22H18O2. The Morgan fingerprint density at radius 3 is 1.67 bits per heavy atom. The van der Waals surface area contributed by atoms with Crippen LogP contribution in [0.25, 0.3) is 0 Å². The molecule has 0 aliphatic carbocycles. The number of carbonyl (C=O) groups excluding carboxylic acids is 2. The van der Waals surface area contributed by atoms with E-state index in [0.717, 1.165) is 11.1 Å². The molecule has 2 nitrogen and oxygen atoms in total. The van der Waals surface area contributed by atoms with Crippen LogP contribution in [0.4, 0.5) is 0 Å². The molecule has 0 aromatic heterocycles. The molecule has 0 radical (unpaired) electrons. The van der Waals surface area contributed by atoms with Gasteiger partial charge in [-0.15, -0.1) is 0 Å². The van der Waals surface area contributed by atoms with Crippen molar-refractivity contribution in [3.05, 3.63) is 106 Å². The van der Waals surface area contributed by atoms with Gasteiger partial charge in [0.05, 0.1) is 0 Å². The Bertz CT molecular complexity index is 888. The van der Waals surface area contributed by atoms with Gasteiger partial charge in [-0.3, -0.25) is 9.59 Å². The Kier molecular flexibility index (Phi) is 4.39. The highest BCUT2D eigenvalue weighted by molar-refractivity contribution is 6.20. The number of ketones is 2. The Morgan fingerprint density at radius 1 is 0.583 bits per heavy atom. The number of benzene rings is 3. The van der Waals surface area contributed by atoms with Crippen LogP contribution in [0.3, 0.4) is 0 Å². The average molecular weight is 314 g/mol. The largest absolute Gasteiger partial charge is 0.289 e. The number of hydrogen-bond acceptors (Lipinski definition) is 2. The van der Waals surface area contributed by atoms with Gasteiger partial charge in [0, 0.05) is 22.3 Å².